The van der Waals surface area contributed by atoms with E-state index in [4.69, 9.17) is 20.8 Å². The zero-order valence-corrected chi connectivity index (χ0v) is 9.05. The summed E-state index contributed by atoms with van der Waals surface area (Å²) >= 11 is 0. The minimum absolute atomic E-state index is 0.0890. The van der Waals surface area contributed by atoms with Crippen LogP contribution in [0.4, 0.5) is 0 Å². The average Bonchev–Trinajstić information content (AvgIpc) is 2.57. The third-order valence-electron chi connectivity index (χ3n) is 1.86. The van der Waals surface area contributed by atoms with Crippen LogP contribution in [-0.4, -0.2) is 13.4 Å². The summed E-state index contributed by atoms with van der Waals surface area (Å²) in [5, 5.41) is 0. The molecule has 0 saturated carbocycles. The van der Waals surface area contributed by atoms with E-state index in [-0.39, 0.29) is 22.9 Å². The van der Waals surface area contributed by atoms with Crippen molar-refractivity contribution in [2.45, 2.75) is 11.4 Å². The van der Waals surface area contributed by atoms with E-state index >= 15 is 0 Å². The van der Waals surface area contributed by atoms with Gasteiger partial charge in [0.2, 0.25) is 5.89 Å². The molecule has 0 unspecified atom stereocenters. The maximum Gasteiger partial charge on any atom is 0.265 e. The van der Waals surface area contributed by atoms with Crippen molar-refractivity contribution in [3.8, 4) is 0 Å². The molecule has 0 atom stereocenters. The average molecular weight is 247 g/mol. The van der Waals surface area contributed by atoms with Gasteiger partial charge in [0.1, 0.15) is 10.4 Å². The lowest BCUT2D eigenvalue weighted by molar-refractivity contribution is 0.526. The Balaban J connectivity index is 2.81. The predicted molar refractivity (Wildman–Crippen MR) is 54.9 cm³/mol. The fraction of sp³-hybridized carbons (Fsp3) is 0.125. The summed E-state index contributed by atoms with van der Waals surface area (Å²) in [5.41, 5.74) is 5.91. The van der Waals surface area contributed by atoms with Crippen molar-refractivity contribution in [2.24, 2.45) is 5.73 Å². The van der Waals surface area contributed by atoms with Crippen LogP contribution in [0, 0.1) is 0 Å². The van der Waals surface area contributed by atoms with Crippen LogP contribution in [0.1, 0.15) is 5.89 Å². The summed E-state index contributed by atoms with van der Waals surface area (Å²) in [6.45, 7) is 0.108. The molecule has 0 bridgehead atoms. The number of aromatic nitrogens is 1. The second kappa shape index (κ2) is 3.48. The molecule has 80 valence electrons. The smallest absolute Gasteiger partial charge is 0.265 e. The van der Waals surface area contributed by atoms with Gasteiger partial charge in [-0.25, -0.2) is 13.4 Å². The van der Waals surface area contributed by atoms with Crippen molar-refractivity contribution in [3.05, 3.63) is 24.1 Å². The molecule has 2 N–H and O–H groups in total. The van der Waals surface area contributed by atoms with Crippen molar-refractivity contribution < 1.29 is 12.8 Å². The summed E-state index contributed by atoms with van der Waals surface area (Å²) in [7, 11) is 1.42. The highest BCUT2D eigenvalue weighted by molar-refractivity contribution is 8.13. The van der Waals surface area contributed by atoms with Gasteiger partial charge in [0.15, 0.2) is 5.58 Å². The van der Waals surface area contributed by atoms with E-state index in [0.29, 0.717) is 5.52 Å². The molecule has 15 heavy (non-hydrogen) atoms. The minimum Gasteiger partial charge on any atom is -0.438 e. The summed E-state index contributed by atoms with van der Waals surface area (Å²) < 4.78 is 27.6. The Morgan fingerprint density at radius 2 is 2.20 bits per heavy atom. The molecule has 1 heterocycles. The number of hydrogen-bond donors (Lipinski definition) is 1. The topological polar surface area (TPSA) is 86.2 Å². The highest BCUT2D eigenvalue weighted by Gasteiger charge is 2.18. The normalized spacial score (nSPS) is 12.1. The molecule has 1 aromatic heterocycles. The molecule has 0 aliphatic carbocycles. The van der Waals surface area contributed by atoms with E-state index in [9.17, 15) is 8.42 Å². The Hall–Kier alpha value is -1.11. The number of nitrogens with zero attached hydrogens (tertiary/aromatic N) is 1. The van der Waals surface area contributed by atoms with Gasteiger partial charge >= 0.3 is 0 Å². The number of hydrogen-bond acceptors (Lipinski definition) is 5. The molecule has 5 nitrogen and oxygen atoms in total. The number of para-hydroxylation sites is 1. The summed E-state index contributed by atoms with van der Waals surface area (Å²) in [4.78, 5) is 3.90. The zero-order valence-electron chi connectivity index (χ0n) is 7.47. The van der Waals surface area contributed by atoms with Crippen LogP contribution in [0.5, 0.6) is 0 Å². The Bertz CT molecular complexity index is 605. The first-order valence-corrected chi connectivity index (χ1v) is 6.36. The van der Waals surface area contributed by atoms with E-state index in [2.05, 4.69) is 4.98 Å². The largest absolute Gasteiger partial charge is 0.438 e. The van der Waals surface area contributed by atoms with Crippen LogP contribution in [0.25, 0.3) is 11.1 Å². The van der Waals surface area contributed by atoms with Crippen LogP contribution in [0.3, 0.4) is 0 Å². The van der Waals surface area contributed by atoms with Gasteiger partial charge < -0.3 is 10.2 Å². The second-order valence-electron chi connectivity index (χ2n) is 2.85. The van der Waals surface area contributed by atoms with E-state index < -0.39 is 9.05 Å². The molecular formula is C8H7ClN2O3S. The van der Waals surface area contributed by atoms with Gasteiger partial charge in [0.05, 0.1) is 6.54 Å². The van der Waals surface area contributed by atoms with Gasteiger partial charge in [0, 0.05) is 10.7 Å². The van der Waals surface area contributed by atoms with Gasteiger partial charge in [0.25, 0.3) is 9.05 Å². The van der Waals surface area contributed by atoms with E-state index in [1.807, 2.05) is 0 Å². The zero-order chi connectivity index (χ0) is 11.1. The highest BCUT2D eigenvalue weighted by atomic mass is 35.7. The minimum atomic E-state index is -3.83. The monoisotopic (exact) mass is 246 g/mol. The number of rotatable bonds is 2. The highest BCUT2D eigenvalue weighted by Crippen LogP contribution is 2.26. The van der Waals surface area contributed by atoms with Crippen LogP contribution >= 0.6 is 10.7 Å². The third-order valence-corrected chi connectivity index (χ3v) is 3.21. The van der Waals surface area contributed by atoms with Crippen molar-refractivity contribution in [3.63, 3.8) is 0 Å². The molecule has 7 heteroatoms. The molecule has 0 amide bonds. The molecule has 0 radical (unpaired) electrons. The quantitative estimate of drug-likeness (QED) is 0.805. The fourth-order valence-corrected chi connectivity index (χ4v) is 2.22. The van der Waals surface area contributed by atoms with Crippen molar-refractivity contribution in [1.82, 2.24) is 4.98 Å². The molecule has 2 aromatic rings. The Labute approximate surface area is 90.3 Å². The van der Waals surface area contributed by atoms with Gasteiger partial charge in [-0.1, -0.05) is 6.07 Å². The molecule has 0 aliphatic heterocycles. The Kier molecular flexibility index (Phi) is 2.41. The second-order valence-corrected chi connectivity index (χ2v) is 5.39. The number of benzene rings is 1. The third kappa shape index (κ3) is 1.83. The fourth-order valence-electron chi connectivity index (χ4n) is 1.25. The molecule has 2 rings (SSSR count). The standard InChI is InChI=1S/C8H7ClN2O3S/c9-15(12,13)6-3-1-2-5-8(6)14-7(4-10)11-5/h1-3H,4,10H2. The van der Waals surface area contributed by atoms with Gasteiger partial charge in [-0.15, -0.1) is 0 Å². The van der Waals surface area contributed by atoms with E-state index in [1.165, 1.54) is 6.07 Å². The lowest BCUT2D eigenvalue weighted by atomic mass is 10.3. The van der Waals surface area contributed by atoms with Crippen LogP contribution in [0.2, 0.25) is 0 Å². The summed E-state index contributed by atoms with van der Waals surface area (Å²) in [5.74, 6) is 0.276. The summed E-state index contributed by atoms with van der Waals surface area (Å²) in [6.07, 6.45) is 0. The van der Waals surface area contributed by atoms with Crippen molar-refractivity contribution >= 4 is 30.8 Å². The maximum atomic E-state index is 11.2. The first-order chi connectivity index (χ1) is 7.02. The van der Waals surface area contributed by atoms with Crippen LogP contribution in [0.15, 0.2) is 27.5 Å². The number of halogens is 1. The number of oxazole rings is 1. The molecule has 0 saturated heterocycles. The molecular weight excluding hydrogens is 240 g/mol. The Morgan fingerprint density at radius 3 is 2.80 bits per heavy atom. The van der Waals surface area contributed by atoms with Crippen LogP contribution < -0.4 is 5.73 Å². The molecule has 1 aromatic carbocycles. The first kappa shape index (κ1) is 10.4. The van der Waals surface area contributed by atoms with E-state index in [0.717, 1.165) is 0 Å². The summed E-state index contributed by atoms with van der Waals surface area (Å²) in [6, 6.07) is 4.53. The van der Waals surface area contributed by atoms with Crippen molar-refractivity contribution in [2.75, 3.05) is 0 Å². The molecule has 0 fully saturated rings. The van der Waals surface area contributed by atoms with Crippen LogP contribution in [-0.2, 0) is 15.6 Å². The molecule has 0 spiro atoms. The van der Waals surface area contributed by atoms with Gasteiger partial charge in [-0.05, 0) is 12.1 Å². The van der Waals surface area contributed by atoms with Gasteiger partial charge in [-0.2, -0.15) is 0 Å². The maximum absolute atomic E-state index is 11.2. The van der Waals surface area contributed by atoms with E-state index in [1.54, 1.807) is 12.1 Å². The van der Waals surface area contributed by atoms with Gasteiger partial charge in [-0.3, -0.25) is 0 Å². The predicted octanol–water partition coefficient (Wildman–Crippen LogP) is 1.21. The molecule has 0 aliphatic rings. The Morgan fingerprint density at radius 1 is 1.47 bits per heavy atom. The lowest BCUT2D eigenvalue weighted by Gasteiger charge is -1.94. The number of fused-ring (bicyclic) bond motifs is 1. The van der Waals surface area contributed by atoms with Crippen molar-refractivity contribution in [1.29, 1.82) is 0 Å². The first-order valence-electron chi connectivity index (χ1n) is 4.05. The lowest BCUT2D eigenvalue weighted by Crippen LogP contribution is -1.95. The SMILES string of the molecule is NCc1nc2cccc(S(=O)(=O)Cl)c2o1. The number of nitrogens with two attached hydrogens (primary N) is 1.